The summed E-state index contributed by atoms with van der Waals surface area (Å²) < 4.78 is 0. The van der Waals surface area contributed by atoms with Gasteiger partial charge in [-0.05, 0) is 31.9 Å². The van der Waals surface area contributed by atoms with E-state index in [0.29, 0.717) is 5.88 Å². The molecule has 0 saturated carbocycles. The minimum Gasteiger partial charge on any atom is -0.379 e. The van der Waals surface area contributed by atoms with Crippen molar-refractivity contribution in [1.29, 1.82) is 0 Å². The zero-order valence-electron chi connectivity index (χ0n) is 10.9. The molecule has 0 bridgehead atoms. The summed E-state index contributed by atoms with van der Waals surface area (Å²) >= 11 is 5.90. The number of aromatic nitrogens is 1. The van der Waals surface area contributed by atoms with Crippen molar-refractivity contribution in [3.05, 3.63) is 36.5 Å². The number of rotatable bonds is 5. The highest BCUT2D eigenvalue weighted by Crippen LogP contribution is 2.27. The molecule has 1 atom stereocenters. The van der Waals surface area contributed by atoms with Gasteiger partial charge in [0.25, 0.3) is 0 Å². The van der Waals surface area contributed by atoms with Crippen LogP contribution in [-0.2, 0) is 0 Å². The van der Waals surface area contributed by atoms with Gasteiger partial charge >= 0.3 is 0 Å². The first-order valence-electron chi connectivity index (χ1n) is 6.36. The lowest BCUT2D eigenvalue weighted by molar-refractivity contribution is 0.481. The van der Waals surface area contributed by atoms with Crippen LogP contribution in [0.2, 0.25) is 0 Å². The van der Waals surface area contributed by atoms with Gasteiger partial charge in [0.05, 0.1) is 5.52 Å². The fourth-order valence-corrected chi connectivity index (χ4v) is 2.48. The standard InChI is InChI=1S/C15H19ClN2/c1-3-15(2,9-10-16)18-14-8-11-17-13-7-5-4-6-12(13)14/h4-8,11H,3,9-10H2,1-2H3,(H,17,18). The van der Waals surface area contributed by atoms with E-state index < -0.39 is 0 Å². The molecule has 1 aromatic carbocycles. The van der Waals surface area contributed by atoms with Gasteiger partial charge in [-0.3, -0.25) is 4.98 Å². The molecule has 0 amide bonds. The van der Waals surface area contributed by atoms with Crippen molar-refractivity contribution in [2.75, 3.05) is 11.2 Å². The summed E-state index contributed by atoms with van der Waals surface area (Å²) in [5.41, 5.74) is 2.19. The Labute approximate surface area is 113 Å². The highest BCUT2D eigenvalue weighted by Gasteiger charge is 2.21. The zero-order valence-corrected chi connectivity index (χ0v) is 11.7. The topological polar surface area (TPSA) is 24.9 Å². The van der Waals surface area contributed by atoms with Crippen LogP contribution in [-0.4, -0.2) is 16.4 Å². The molecule has 0 spiro atoms. The van der Waals surface area contributed by atoms with Gasteiger partial charge in [0, 0.05) is 28.7 Å². The summed E-state index contributed by atoms with van der Waals surface area (Å²) in [6.07, 6.45) is 3.83. The molecule has 1 unspecified atom stereocenters. The SMILES string of the molecule is CCC(C)(CCCl)Nc1ccnc2ccccc12. The smallest absolute Gasteiger partial charge is 0.0722 e. The van der Waals surface area contributed by atoms with Crippen molar-refractivity contribution >= 4 is 28.2 Å². The Morgan fingerprint density at radius 1 is 1.28 bits per heavy atom. The highest BCUT2D eigenvalue weighted by molar-refractivity contribution is 6.17. The van der Waals surface area contributed by atoms with Crippen LogP contribution in [0.3, 0.4) is 0 Å². The van der Waals surface area contributed by atoms with E-state index in [1.807, 2.05) is 30.5 Å². The minimum atomic E-state index is 0.0336. The fourth-order valence-electron chi connectivity index (χ4n) is 2.07. The summed E-state index contributed by atoms with van der Waals surface area (Å²) in [6, 6.07) is 10.2. The fraction of sp³-hybridized carbons (Fsp3) is 0.400. The van der Waals surface area contributed by atoms with E-state index in [1.165, 1.54) is 0 Å². The van der Waals surface area contributed by atoms with E-state index in [0.717, 1.165) is 29.4 Å². The van der Waals surface area contributed by atoms with Crippen LogP contribution < -0.4 is 5.32 Å². The van der Waals surface area contributed by atoms with E-state index in [9.17, 15) is 0 Å². The van der Waals surface area contributed by atoms with Crippen LogP contribution in [0.15, 0.2) is 36.5 Å². The summed E-state index contributed by atoms with van der Waals surface area (Å²) in [5, 5.41) is 4.79. The first kappa shape index (κ1) is 13.2. The number of para-hydroxylation sites is 1. The number of alkyl halides is 1. The molecule has 0 saturated heterocycles. The third-order valence-electron chi connectivity index (χ3n) is 3.51. The highest BCUT2D eigenvalue weighted by atomic mass is 35.5. The van der Waals surface area contributed by atoms with E-state index in [2.05, 4.69) is 30.2 Å². The van der Waals surface area contributed by atoms with Crippen LogP contribution in [0.1, 0.15) is 26.7 Å². The van der Waals surface area contributed by atoms with Crippen molar-refractivity contribution in [1.82, 2.24) is 4.98 Å². The van der Waals surface area contributed by atoms with Gasteiger partial charge in [-0.1, -0.05) is 25.1 Å². The predicted molar refractivity (Wildman–Crippen MR) is 79.4 cm³/mol. The average molecular weight is 263 g/mol. The molecule has 2 aromatic rings. The number of halogens is 1. The maximum Gasteiger partial charge on any atom is 0.0722 e. The van der Waals surface area contributed by atoms with Crippen LogP contribution >= 0.6 is 11.6 Å². The average Bonchev–Trinajstić information content (AvgIpc) is 2.39. The zero-order chi connectivity index (χ0) is 13.0. The van der Waals surface area contributed by atoms with Crippen LogP contribution in [0, 0.1) is 0 Å². The second-order valence-corrected chi connectivity index (χ2v) is 5.23. The lowest BCUT2D eigenvalue weighted by atomic mass is 9.94. The molecule has 0 radical (unpaired) electrons. The summed E-state index contributed by atoms with van der Waals surface area (Å²) in [6.45, 7) is 4.40. The van der Waals surface area contributed by atoms with Crippen molar-refractivity contribution in [3.63, 3.8) is 0 Å². The Morgan fingerprint density at radius 3 is 2.78 bits per heavy atom. The Kier molecular flexibility index (Phi) is 4.07. The molecule has 2 nitrogen and oxygen atoms in total. The molecular weight excluding hydrogens is 244 g/mol. The van der Waals surface area contributed by atoms with Gasteiger partial charge in [0.1, 0.15) is 0 Å². The second kappa shape index (κ2) is 5.57. The number of benzene rings is 1. The van der Waals surface area contributed by atoms with Gasteiger partial charge in [0.2, 0.25) is 0 Å². The van der Waals surface area contributed by atoms with E-state index in [4.69, 9.17) is 11.6 Å². The largest absolute Gasteiger partial charge is 0.379 e. The van der Waals surface area contributed by atoms with E-state index >= 15 is 0 Å². The molecule has 0 aliphatic rings. The van der Waals surface area contributed by atoms with Crippen LogP contribution in [0.25, 0.3) is 10.9 Å². The molecule has 2 rings (SSSR count). The Morgan fingerprint density at radius 2 is 2.06 bits per heavy atom. The van der Waals surface area contributed by atoms with Crippen molar-refractivity contribution in [2.24, 2.45) is 0 Å². The van der Waals surface area contributed by atoms with Crippen LogP contribution in [0.5, 0.6) is 0 Å². The molecule has 0 aliphatic heterocycles. The third kappa shape index (κ3) is 2.75. The predicted octanol–water partition coefficient (Wildman–Crippen LogP) is 4.44. The van der Waals surface area contributed by atoms with E-state index in [1.54, 1.807) is 0 Å². The number of nitrogens with one attached hydrogen (secondary N) is 1. The molecule has 96 valence electrons. The molecule has 1 aromatic heterocycles. The molecular formula is C15H19ClN2. The molecule has 0 aliphatic carbocycles. The summed E-state index contributed by atoms with van der Waals surface area (Å²) in [5.74, 6) is 0.667. The normalized spacial score (nSPS) is 14.4. The summed E-state index contributed by atoms with van der Waals surface area (Å²) in [7, 11) is 0. The van der Waals surface area contributed by atoms with Crippen molar-refractivity contribution < 1.29 is 0 Å². The minimum absolute atomic E-state index is 0.0336. The van der Waals surface area contributed by atoms with Gasteiger partial charge < -0.3 is 5.32 Å². The monoisotopic (exact) mass is 262 g/mol. The maximum absolute atomic E-state index is 5.90. The third-order valence-corrected chi connectivity index (χ3v) is 3.70. The molecule has 1 N–H and O–H groups in total. The molecule has 18 heavy (non-hydrogen) atoms. The lowest BCUT2D eigenvalue weighted by Gasteiger charge is -2.30. The number of hydrogen-bond acceptors (Lipinski definition) is 2. The van der Waals surface area contributed by atoms with Gasteiger partial charge in [-0.25, -0.2) is 0 Å². The molecule has 3 heteroatoms. The van der Waals surface area contributed by atoms with Crippen molar-refractivity contribution in [3.8, 4) is 0 Å². The molecule has 1 heterocycles. The Hall–Kier alpha value is -1.28. The first-order valence-corrected chi connectivity index (χ1v) is 6.90. The second-order valence-electron chi connectivity index (χ2n) is 4.85. The van der Waals surface area contributed by atoms with Gasteiger partial charge in [-0.15, -0.1) is 11.6 Å². The van der Waals surface area contributed by atoms with E-state index in [-0.39, 0.29) is 5.54 Å². The number of anilines is 1. The summed E-state index contributed by atoms with van der Waals surface area (Å²) in [4.78, 5) is 4.38. The maximum atomic E-state index is 5.90. The van der Waals surface area contributed by atoms with Crippen LogP contribution in [0.4, 0.5) is 5.69 Å². The number of pyridine rings is 1. The Balaban J connectivity index is 2.36. The lowest BCUT2D eigenvalue weighted by Crippen LogP contribution is -2.34. The van der Waals surface area contributed by atoms with Gasteiger partial charge in [-0.2, -0.15) is 0 Å². The molecule has 0 fully saturated rings. The van der Waals surface area contributed by atoms with Crippen molar-refractivity contribution in [2.45, 2.75) is 32.2 Å². The first-order chi connectivity index (χ1) is 8.68. The number of fused-ring (bicyclic) bond motifs is 1. The number of nitrogens with zero attached hydrogens (tertiary/aromatic N) is 1. The van der Waals surface area contributed by atoms with Gasteiger partial charge in [0.15, 0.2) is 0 Å². The Bertz CT molecular complexity index is 521. The number of hydrogen-bond donors (Lipinski definition) is 1. The quantitative estimate of drug-likeness (QED) is 0.806.